The lowest BCUT2D eigenvalue weighted by Crippen LogP contribution is -2.49. The number of rotatable bonds is 4. The fourth-order valence-electron chi connectivity index (χ4n) is 2.10. The summed E-state index contributed by atoms with van der Waals surface area (Å²) in [5.74, 6) is -0.191. The SMILES string of the molecule is C[C@@H](NC(=O)C(C)(N)c1ccccc1)c1ccc(Br)cc1. The van der Waals surface area contributed by atoms with Crippen LogP contribution in [0.15, 0.2) is 59.1 Å². The number of hydrogen-bond donors (Lipinski definition) is 2. The summed E-state index contributed by atoms with van der Waals surface area (Å²) in [6, 6.07) is 17.2. The Morgan fingerprint density at radius 2 is 1.71 bits per heavy atom. The van der Waals surface area contributed by atoms with Crippen molar-refractivity contribution < 1.29 is 4.79 Å². The fraction of sp³-hybridized carbons (Fsp3) is 0.235. The van der Waals surface area contributed by atoms with Gasteiger partial charge in [-0.2, -0.15) is 0 Å². The fourth-order valence-corrected chi connectivity index (χ4v) is 2.36. The van der Waals surface area contributed by atoms with Crippen molar-refractivity contribution in [1.82, 2.24) is 5.32 Å². The summed E-state index contributed by atoms with van der Waals surface area (Å²) in [7, 11) is 0. The molecule has 0 aliphatic carbocycles. The summed E-state index contributed by atoms with van der Waals surface area (Å²) in [4.78, 5) is 12.5. The van der Waals surface area contributed by atoms with E-state index in [9.17, 15) is 4.79 Å². The van der Waals surface area contributed by atoms with Crippen molar-refractivity contribution in [2.75, 3.05) is 0 Å². The third-order valence-electron chi connectivity index (χ3n) is 3.56. The van der Waals surface area contributed by atoms with Gasteiger partial charge in [0.2, 0.25) is 5.91 Å². The molecule has 2 aromatic rings. The van der Waals surface area contributed by atoms with Crippen molar-refractivity contribution in [2.45, 2.75) is 25.4 Å². The molecule has 2 rings (SSSR count). The standard InChI is InChI=1S/C17H19BrN2O/c1-12(13-8-10-15(18)11-9-13)20-16(21)17(2,19)14-6-4-3-5-7-14/h3-12H,19H2,1-2H3,(H,20,21)/t12-,17?/m1/s1. The first-order valence-electron chi connectivity index (χ1n) is 6.82. The molecule has 2 aromatic carbocycles. The third-order valence-corrected chi connectivity index (χ3v) is 4.09. The van der Waals surface area contributed by atoms with E-state index in [2.05, 4.69) is 21.2 Å². The Bertz CT molecular complexity index is 608. The second kappa shape index (κ2) is 6.41. The van der Waals surface area contributed by atoms with E-state index in [-0.39, 0.29) is 11.9 Å². The molecule has 110 valence electrons. The Balaban J connectivity index is 2.12. The summed E-state index contributed by atoms with van der Waals surface area (Å²) < 4.78 is 1.01. The predicted molar refractivity (Wildman–Crippen MR) is 88.7 cm³/mol. The molecule has 0 saturated carbocycles. The van der Waals surface area contributed by atoms with Gasteiger partial charge in [0.25, 0.3) is 0 Å². The van der Waals surface area contributed by atoms with Crippen molar-refractivity contribution in [1.29, 1.82) is 0 Å². The number of nitrogens with one attached hydrogen (secondary N) is 1. The highest BCUT2D eigenvalue weighted by Gasteiger charge is 2.31. The number of amides is 1. The molecule has 4 heteroatoms. The third kappa shape index (κ3) is 3.71. The van der Waals surface area contributed by atoms with Crippen LogP contribution in [0.4, 0.5) is 0 Å². The minimum Gasteiger partial charge on any atom is -0.348 e. The van der Waals surface area contributed by atoms with Crippen LogP contribution < -0.4 is 11.1 Å². The summed E-state index contributed by atoms with van der Waals surface area (Å²) in [5, 5.41) is 2.98. The van der Waals surface area contributed by atoms with Crippen LogP contribution in [0, 0.1) is 0 Å². The van der Waals surface area contributed by atoms with Gasteiger partial charge in [0.15, 0.2) is 0 Å². The van der Waals surface area contributed by atoms with Crippen molar-refractivity contribution >= 4 is 21.8 Å². The highest BCUT2D eigenvalue weighted by Crippen LogP contribution is 2.21. The maximum Gasteiger partial charge on any atom is 0.244 e. The Labute approximate surface area is 133 Å². The number of carbonyl (C=O) groups is 1. The van der Waals surface area contributed by atoms with E-state index in [0.717, 1.165) is 15.6 Å². The van der Waals surface area contributed by atoms with Gasteiger partial charge in [0, 0.05) is 4.47 Å². The first kappa shape index (κ1) is 15.7. The Hall–Kier alpha value is -1.65. The molecular formula is C17H19BrN2O. The maximum absolute atomic E-state index is 12.5. The van der Waals surface area contributed by atoms with Crippen molar-refractivity contribution in [2.24, 2.45) is 5.73 Å². The summed E-state index contributed by atoms with van der Waals surface area (Å²) >= 11 is 3.40. The lowest BCUT2D eigenvalue weighted by molar-refractivity contribution is -0.126. The van der Waals surface area contributed by atoms with Crippen molar-refractivity contribution in [3.63, 3.8) is 0 Å². The number of halogens is 1. The summed E-state index contributed by atoms with van der Waals surface area (Å²) in [6.07, 6.45) is 0. The lowest BCUT2D eigenvalue weighted by atomic mass is 9.91. The number of hydrogen-bond acceptors (Lipinski definition) is 2. The molecule has 21 heavy (non-hydrogen) atoms. The van der Waals surface area contributed by atoms with Crippen molar-refractivity contribution in [3.8, 4) is 0 Å². The molecule has 0 heterocycles. The van der Waals surface area contributed by atoms with Gasteiger partial charge in [0.05, 0.1) is 6.04 Å². The van der Waals surface area contributed by atoms with E-state index in [1.165, 1.54) is 0 Å². The Kier molecular flexibility index (Phi) is 4.80. The van der Waals surface area contributed by atoms with E-state index in [1.807, 2.05) is 61.5 Å². The van der Waals surface area contributed by atoms with E-state index in [4.69, 9.17) is 5.73 Å². The minimum absolute atomic E-state index is 0.0998. The zero-order valence-electron chi connectivity index (χ0n) is 12.1. The highest BCUT2D eigenvalue weighted by molar-refractivity contribution is 9.10. The molecule has 0 bridgehead atoms. The molecule has 0 saturated heterocycles. The first-order chi connectivity index (χ1) is 9.91. The highest BCUT2D eigenvalue weighted by atomic mass is 79.9. The molecule has 2 atom stereocenters. The topological polar surface area (TPSA) is 55.1 Å². The quantitative estimate of drug-likeness (QED) is 0.889. The summed E-state index contributed by atoms with van der Waals surface area (Å²) in [5.41, 5.74) is 7.00. The smallest absolute Gasteiger partial charge is 0.244 e. The van der Waals surface area contributed by atoms with E-state index in [1.54, 1.807) is 6.92 Å². The Morgan fingerprint density at radius 3 is 2.29 bits per heavy atom. The molecule has 0 fully saturated rings. The monoisotopic (exact) mass is 346 g/mol. The van der Waals surface area contributed by atoms with Gasteiger partial charge >= 0.3 is 0 Å². The van der Waals surface area contributed by atoms with Gasteiger partial charge in [-0.25, -0.2) is 0 Å². The van der Waals surface area contributed by atoms with Gasteiger partial charge in [-0.15, -0.1) is 0 Å². The van der Waals surface area contributed by atoms with Crippen LogP contribution in [0.1, 0.15) is 31.0 Å². The van der Waals surface area contributed by atoms with Gasteiger partial charge in [-0.1, -0.05) is 58.4 Å². The lowest BCUT2D eigenvalue weighted by Gasteiger charge is -2.26. The Morgan fingerprint density at radius 1 is 1.14 bits per heavy atom. The number of nitrogens with two attached hydrogens (primary N) is 1. The maximum atomic E-state index is 12.5. The second-order valence-corrected chi connectivity index (χ2v) is 6.23. The molecule has 0 aromatic heterocycles. The molecule has 0 aliphatic rings. The molecular weight excluding hydrogens is 328 g/mol. The molecule has 0 spiro atoms. The van der Waals surface area contributed by atoms with Crippen LogP contribution in [0.3, 0.4) is 0 Å². The van der Waals surface area contributed by atoms with Crippen LogP contribution in [-0.2, 0) is 10.3 Å². The van der Waals surface area contributed by atoms with Gasteiger partial charge in [0.1, 0.15) is 5.54 Å². The normalized spacial score (nSPS) is 15.0. The predicted octanol–water partition coefficient (Wildman–Crippen LogP) is 3.50. The zero-order valence-corrected chi connectivity index (χ0v) is 13.7. The second-order valence-electron chi connectivity index (χ2n) is 5.32. The summed E-state index contributed by atoms with van der Waals surface area (Å²) in [6.45, 7) is 3.67. The number of carbonyl (C=O) groups excluding carboxylic acids is 1. The largest absolute Gasteiger partial charge is 0.348 e. The molecule has 3 nitrogen and oxygen atoms in total. The van der Waals surface area contributed by atoms with Gasteiger partial charge in [-0.3, -0.25) is 4.79 Å². The van der Waals surface area contributed by atoms with Crippen LogP contribution in [0.5, 0.6) is 0 Å². The minimum atomic E-state index is -1.05. The van der Waals surface area contributed by atoms with Gasteiger partial charge < -0.3 is 11.1 Å². The molecule has 0 aliphatic heterocycles. The number of benzene rings is 2. The average molecular weight is 347 g/mol. The van der Waals surface area contributed by atoms with Gasteiger partial charge in [-0.05, 0) is 37.1 Å². The van der Waals surface area contributed by atoms with E-state index >= 15 is 0 Å². The van der Waals surface area contributed by atoms with Crippen LogP contribution in [-0.4, -0.2) is 5.91 Å². The van der Waals surface area contributed by atoms with E-state index in [0.29, 0.717) is 0 Å². The van der Waals surface area contributed by atoms with Crippen LogP contribution in [0.2, 0.25) is 0 Å². The zero-order chi connectivity index (χ0) is 15.5. The molecule has 1 unspecified atom stereocenters. The van der Waals surface area contributed by atoms with Crippen molar-refractivity contribution in [3.05, 3.63) is 70.2 Å². The first-order valence-corrected chi connectivity index (χ1v) is 7.61. The van der Waals surface area contributed by atoms with Crippen LogP contribution >= 0.6 is 15.9 Å². The molecule has 1 amide bonds. The van der Waals surface area contributed by atoms with Crippen LogP contribution in [0.25, 0.3) is 0 Å². The average Bonchev–Trinajstić information content (AvgIpc) is 2.48. The molecule has 0 radical (unpaired) electrons. The van der Waals surface area contributed by atoms with E-state index < -0.39 is 5.54 Å². The molecule has 3 N–H and O–H groups in total.